The lowest BCUT2D eigenvalue weighted by atomic mass is 10.1. The number of hydrogen-bond acceptors (Lipinski definition) is 3. The van der Waals surface area contributed by atoms with E-state index >= 15 is 0 Å². The number of carbonyl (C=O) groups is 1. The molecule has 0 bridgehead atoms. The molecule has 1 aromatic heterocycles. The molecular formula is C19H25N3O2. The third-order valence-electron chi connectivity index (χ3n) is 4.00. The van der Waals surface area contributed by atoms with Crippen LogP contribution in [-0.2, 0) is 6.54 Å². The van der Waals surface area contributed by atoms with Gasteiger partial charge in [0.05, 0.1) is 5.69 Å². The molecule has 2 rings (SSSR count). The molecule has 0 spiro atoms. The van der Waals surface area contributed by atoms with Crippen molar-refractivity contribution in [1.82, 2.24) is 14.9 Å². The first-order chi connectivity index (χ1) is 11.3. The Kier molecular flexibility index (Phi) is 5.54. The predicted octanol–water partition coefficient (Wildman–Crippen LogP) is 3.17. The zero-order valence-corrected chi connectivity index (χ0v) is 15.0. The summed E-state index contributed by atoms with van der Waals surface area (Å²) >= 11 is 0. The molecule has 0 unspecified atom stereocenters. The Morgan fingerprint density at radius 3 is 2.54 bits per heavy atom. The lowest BCUT2D eigenvalue weighted by molar-refractivity contribution is 0.0749. The van der Waals surface area contributed by atoms with Gasteiger partial charge in [0.15, 0.2) is 0 Å². The molecule has 0 aliphatic rings. The normalized spacial score (nSPS) is 10.9. The molecule has 0 aliphatic carbocycles. The van der Waals surface area contributed by atoms with Crippen molar-refractivity contribution in [1.29, 1.82) is 0 Å². The summed E-state index contributed by atoms with van der Waals surface area (Å²) in [6.07, 6.45) is 0. The number of aromatic nitrogens is 2. The van der Waals surface area contributed by atoms with Gasteiger partial charge in [-0.25, -0.2) is 4.98 Å². The van der Waals surface area contributed by atoms with E-state index < -0.39 is 0 Å². The number of aryl methyl sites for hydroxylation is 2. The summed E-state index contributed by atoms with van der Waals surface area (Å²) in [6.45, 7) is 10.6. The first-order valence-electron chi connectivity index (χ1n) is 8.29. The van der Waals surface area contributed by atoms with Crippen LogP contribution in [-0.4, -0.2) is 27.3 Å². The van der Waals surface area contributed by atoms with Crippen LogP contribution in [0.4, 0.5) is 0 Å². The van der Waals surface area contributed by atoms with E-state index in [2.05, 4.69) is 9.97 Å². The summed E-state index contributed by atoms with van der Waals surface area (Å²) in [5, 5.41) is 0. The van der Waals surface area contributed by atoms with Crippen molar-refractivity contribution >= 4 is 5.91 Å². The van der Waals surface area contributed by atoms with Gasteiger partial charge in [0.25, 0.3) is 11.5 Å². The zero-order valence-electron chi connectivity index (χ0n) is 15.0. The Morgan fingerprint density at radius 2 is 2.00 bits per heavy atom. The Labute approximate surface area is 142 Å². The minimum atomic E-state index is -0.362. The largest absolute Gasteiger partial charge is 0.334 e. The van der Waals surface area contributed by atoms with Crippen LogP contribution in [0.1, 0.15) is 59.7 Å². The van der Waals surface area contributed by atoms with Crippen molar-refractivity contribution in [2.75, 3.05) is 6.54 Å². The van der Waals surface area contributed by atoms with Gasteiger partial charge in [-0.3, -0.25) is 9.59 Å². The minimum absolute atomic E-state index is 0.107. The van der Waals surface area contributed by atoms with Crippen molar-refractivity contribution in [3.8, 4) is 0 Å². The average Bonchev–Trinajstić information content (AvgIpc) is 2.51. The van der Waals surface area contributed by atoms with Crippen LogP contribution in [0, 0.1) is 13.8 Å². The van der Waals surface area contributed by atoms with E-state index in [1.165, 1.54) is 0 Å². The molecule has 1 aromatic carbocycles. The second-order valence-electron chi connectivity index (χ2n) is 6.37. The van der Waals surface area contributed by atoms with Gasteiger partial charge in [0.1, 0.15) is 11.4 Å². The van der Waals surface area contributed by atoms with Crippen LogP contribution in [0.15, 0.2) is 29.1 Å². The highest BCUT2D eigenvalue weighted by atomic mass is 16.2. The molecule has 5 heteroatoms. The Bertz CT molecular complexity index is 793. The number of benzene rings is 1. The highest BCUT2D eigenvalue weighted by molar-refractivity contribution is 5.94. The summed E-state index contributed by atoms with van der Waals surface area (Å²) in [5.74, 6) is 0.437. The first-order valence-corrected chi connectivity index (χ1v) is 8.29. The van der Waals surface area contributed by atoms with Crippen LogP contribution in [0.5, 0.6) is 0 Å². The molecule has 0 saturated heterocycles. The van der Waals surface area contributed by atoms with Gasteiger partial charge < -0.3 is 9.88 Å². The Balaban J connectivity index is 2.33. The molecule has 2 aromatic rings. The van der Waals surface area contributed by atoms with Gasteiger partial charge in [0.2, 0.25) is 0 Å². The molecule has 5 nitrogen and oxygen atoms in total. The lowest BCUT2D eigenvalue weighted by Gasteiger charge is -2.22. The fourth-order valence-electron chi connectivity index (χ4n) is 2.65. The maximum absolute atomic E-state index is 12.9. The van der Waals surface area contributed by atoms with Gasteiger partial charge in [-0.1, -0.05) is 43.7 Å². The molecule has 1 heterocycles. The van der Waals surface area contributed by atoms with Crippen molar-refractivity contribution in [3.63, 3.8) is 0 Å². The SMILES string of the molecule is CCN(Cc1cccc(C)c1)C(=O)c1c(C)nc(C(C)C)[nH]c1=O. The molecule has 0 aliphatic heterocycles. The molecule has 1 amide bonds. The van der Waals surface area contributed by atoms with Gasteiger partial charge in [-0.05, 0) is 26.3 Å². The van der Waals surface area contributed by atoms with Gasteiger partial charge >= 0.3 is 0 Å². The van der Waals surface area contributed by atoms with Crippen molar-refractivity contribution < 1.29 is 4.79 Å². The van der Waals surface area contributed by atoms with E-state index in [1.54, 1.807) is 11.8 Å². The van der Waals surface area contributed by atoms with Crippen LogP contribution < -0.4 is 5.56 Å². The summed E-state index contributed by atoms with van der Waals surface area (Å²) in [4.78, 5) is 34.0. The van der Waals surface area contributed by atoms with Crippen molar-refractivity contribution in [3.05, 3.63) is 62.8 Å². The highest BCUT2D eigenvalue weighted by Crippen LogP contribution is 2.13. The zero-order chi connectivity index (χ0) is 17.9. The molecule has 24 heavy (non-hydrogen) atoms. The van der Waals surface area contributed by atoms with E-state index in [0.717, 1.165) is 11.1 Å². The van der Waals surface area contributed by atoms with E-state index in [1.807, 2.05) is 52.0 Å². The third-order valence-corrected chi connectivity index (χ3v) is 4.00. The lowest BCUT2D eigenvalue weighted by Crippen LogP contribution is -2.36. The second kappa shape index (κ2) is 7.43. The van der Waals surface area contributed by atoms with Crippen molar-refractivity contribution in [2.24, 2.45) is 0 Å². The first kappa shape index (κ1) is 17.9. The summed E-state index contributed by atoms with van der Waals surface area (Å²) in [6, 6.07) is 8.03. The van der Waals surface area contributed by atoms with E-state index in [4.69, 9.17) is 0 Å². The smallest absolute Gasteiger partial charge is 0.264 e. The second-order valence-corrected chi connectivity index (χ2v) is 6.37. The fraction of sp³-hybridized carbons (Fsp3) is 0.421. The number of rotatable bonds is 5. The fourth-order valence-corrected chi connectivity index (χ4v) is 2.65. The summed E-state index contributed by atoms with van der Waals surface area (Å²) in [5.41, 5.74) is 2.45. The topological polar surface area (TPSA) is 66.1 Å². The third kappa shape index (κ3) is 3.91. The standard InChI is InChI=1S/C19H25N3O2/c1-6-22(11-15-9-7-8-13(4)10-15)19(24)16-14(5)20-17(12(2)3)21-18(16)23/h7-10,12H,6,11H2,1-5H3,(H,20,21,23). The number of aromatic amines is 1. The van der Waals surface area contributed by atoms with Crippen LogP contribution in [0.25, 0.3) is 0 Å². The number of nitrogens with zero attached hydrogens (tertiary/aromatic N) is 2. The maximum atomic E-state index is 12.9. The number of carbonyl (C=O) groups excluding carboxylic acids is 1. The average molecular weight is 327 g/mol. The van der Waals surface area contributed by atoms with Gasteiger partial charge in [0, 0.05) is 19.0 Å². The molecular weight excluding hydrogens is 302 g/mol. The molecule has 0 fully saturated rings. The quantitative estimate of drug-likeness (QED) is 0.917. The number of H-pyrrole nitrogens is 1. The summed E-state index contributed by atoms with van der Waals surface area (Å²) < 4.78 is 0. The highest BCUT2D eigenvalue weighted by Gasteiger charge is 2.22. The Morgan fingerprint density at radius 1 is 1.29 bits per heavy atom. The van der Waals surface area contributed by atoms with E-state index in [0.29, 0.717) is 24.6 Å². The predicted molar refractivity (Wildman–Crippen MR) is 95.3 cm³/mol. The van der Waals surface area contributed by atoms with Crippen LogP contribution >= 0.6 is 0 Å². The van der Waals surface area contributed by atoms with Gasteiger partial charge in [-0.2, -0.15) is 0 Å². The van der Waals surface area contributed by atoms with Crippen molar-refractivity contribution in [2.45, 2.75) is 47.1 Å². The van der Waals surface area contributed by atoms with E-state index in [9.17, 15) is 9.59 Å². The molecule has 0 saturated carbocycles. The monoisotopic (exact) mass is 327 g/mol. The van der Waals surface area contributed by atoms with Crippen LogP contribution in [0.2, 0.25) is 0 Å². The number of amides is 1. The van der Waals surface area contributed by atoms with E-state index in [-0.39, 0.29) is 22.9 Å². The summed E-state index contributed by atoms with van der Waals surface area (Å²) in [7, 11) is 0. The van der Waals surface area contributed by atoms with Gasteiger partial charge in [-0.15, -0.1) is 0 Å². The maximum Gasteiger partial charge on any atom is 0.264 e. The molecule has 1 N–H and O–H groups in total. The minimum Gasteiger partial charge on any atom is -0.334 e. The Hall–Kier alpha value is -2.43. The molecule has 0 atom stereocenters. The van der Waals surface area contributed by atoms with Crippen LogP contribution in [0.3, 0.4) is 0 Å². The molecule has 0 radical (unpaired) electrons. The molecule has 128 valence electrons. The number of nitrogens with one attached hydrogen (secondary N) is 1. The number of hydrogen-bond donors (Lipinski definition) is 1.